The van der Waals surface area contributed by atoms with Crippen LogP contribution in [-0.4, -0.2) is 42.2 Å². The van der Waals surface area contributed by atoms with E-state index in [1.807, 2.05) is 19.2 Å². The van der Waals surface area contributed by atoms with Gasteiger partial charge in [-0.15, -0.1) is 11.3 Å². The lowest BCUT2D eigenvalue weighted by molar-refractivity contribution is 0.0526. The lowest BCUT2D eigenvalue weighted by Crippen LogP contribution is -2.46. The van der Waals surface area contributed by atoms with Gasteiger partial charge < -0.3 is 15.0 Å². The Morgan fingerprint density at radius 2 is 2.29 bits per heavy atom. The van der Waals surface area contributed by atoms with Crippen LogP contribution in [0, 0.1) is 6.92 Å². The molecule has 94 valence electrons. The maximum Gasteiger partial charge on any atom is 0.318 e. The standard InChI is InChI=1S/C11H17N3O2S/c1-8-7-17-10(12-8)9(2)13-11(15)14-3-5-16-6-4-14/h7,9H,3-6H2,1-2H3,(H,13,15). The average Bonchev–Trinajstić information content (AvgIpc) is 2.77. The average molecular weight is 255 g/mol. The van der Waals surface area contributed by atoms with Crippen molar-refractivity contribution in [2.24, 2.45) is 0 Å². The Labute approximate surface area is 105 Å². The van der Waals surface area contributed by atoms with Gasteiger partial charge in [-0.05, 0) is 13.8 Å². The number of aryl methyl sites for hydroxylation is 1. The Bertz CT molecular complexity index is 388. The molecule has 0 saturated carbocycles. The second-order valence-corrected chi connectivity index (χ2v) is 4.99. The van der Waals surface area contributed by atoms with Gasteiger partial charge in [0.1, 0.15) is 5.01 Å². The molecule has 0 radical (unpaired) electrons. The summed E-state index contributed by atoms with van der Waals surface area (Å²) in [5, 5.41) is 5.90. The molecule has 2 heterocycles. The fourth-order valence-corrected chi connectivity index (χ4v) is 2.48. The molecular formula is C11H17N3O2S. The zero-order chi connectivity index (χ0) is 12.3. The number of aromatic nitrogens is 1. The first-order valence-corrected chi connectivity index (χ1v) is 6.60. The molecular weight excluding hydrogens is 238 g/mol. The summed E-state index contributed by atoms with van der Waals surface area (Å²) in [5.74, 6) is 0. The number of amides is 2. The van der Waals surface area contributed by atoms with Crippen molar-refractivity contribution in [1.82, 2.24) is 15.2 Å². The molecule has 1 N–H and O–H groups in total. The van der Waals surface area contributed by atoms with Gasteiger partial charge in [-0.2, -0.15) is 0 Å². The lowest BCUT2D eigenvalue weighted by Gasteiger charge is -2.28. The molecule has 1 aromatic heterocycles. The number of morpholine rings is 1. The zero-order valence-corrected chi connectivity index (χ0v) is 10.9. The third-order valence-electron chi connectivity index (χ3n) is 2.65. The summed E-state index contributed by atoms with van der Waals surface area (Å²) in [6.45, 7) is 6.48. The number of urea groups is 1. The lowest BCUT2D eigenvalue weighted by atomic mass is 10.3. The maximum atomic E-state index is 11.9. The highest BCUT2D eigenvalue weighted by molar-refractivity contribution is 7.09. The number of hydrogen-bond acceptors (Lipinski definition) is 4. The van der Waals surface area contributed by atoms with E-state index in [1.54, 1.807) is 16.2 Å². The summed E-state index contributed by atoms with van der Waals surface area (Å²) >= 11 is 1.58. The van der Waals surface area contributed by atoms with Crippen LogP contribution in [0.5, 0.6) is 0 Å². The first kappa shape index (κ1) is 12.3. The first-order valence-electron chi connectivity index (χ1n) is 5.72. The molecule has 1 aliphatic rings. The van der Waals surface area contributed by atoms with Gasteiger partial charge >= 0.3 is 6.03 Å². The number of nitrogens with one attached hydrogen (secondary N) is 1. The van der Waals surface area contributed by atoms with E-state index in [9.17, 15) is 4.79 Å². The monoisotopic (exact) mass is 255 g/mol. The van der Waals surface area contributed by atoms with E-state index in [0.29, 0.717) is 26.3 Å². The predicted octanol–water partition coefficient (Wildman–Crippen LogP) is 1.55. The molecule has 1 atom stereocenters. The van der Waals surface area contributed by atoms with Crippen molar-refractivity contribution in [3.8, 4) is 0 Å². The maximum absolute atomic E-state index is 11.9. The van der Waals surface area contributed by atoms with Crippen LogP contribution in [0.25, 0.3) is 0 Å². The first-order chi connectivity index (χ1) is 8.16. The molecule has 0 aliphatic carbocycles. The molecule has 2 rings (SSSR count). The van der Waals surface area contributed by atoms with Crippen molar-refractivity contribution in [3.63, 3.8) is 0 Å². The van der Waals surface area contributed by atoms with Crippen LogP contribution in [0.15, 0.2) is 5.38 Å². The van der Waals surface area contributed by atoms with Crippen LogP contribution in [0.4, 0.5) is 4.79 Å². The van der Waals surface area contributed by atoms with Crippen molar-refractivity contribution >= 4 is 17.4 Å². The van der Waals surface area contributed by atoms with E-state index in [4.69, 9.17) is 4.74 Å². The number of hydrogen-bond donors (Lipinski definition) is 1. The largest absolute Gasteiger partial charge is 0.378 e. The Balaban J connectivity index is 1.89. The van der Waals surface area contributed by atoms with Gasteiger partial charge in [-0.25, -0.2) is 9.78 Å². The van der Waals surface area contributed by atoms with Crippen LogP contribution in [0.2, 0.25) is 0 Å². The SMILES string of the molecule is Cc1csc(C(C)NC(=O)N2CCOCC2)n1. The van der Waals surface area contributed by atoms with Crippen molar-refractivity contribution in [2.75, 3.05) is 26.3 Å². The van der Waals surface area contributed by atoms with Gasteiger partial charge in [0.15, 0.2) is 0 Å². The highest BCUT2D eigenvalue weighted by atomic mass is 32.1. The predicted molar refractivity (Wildman–Crippen MR) is 66.2 cm³/mol. The van der Waals surface area contributed by atoms with Crippen LogP contribution < -0.4 is 5.32 Å². The summed E-state index contributed by atoms with van der Waals surface area (Å²) < 4.78 is 5.21. The van der Waals surface area contributed by atoms with Gasteiger partial charge in [0.25, 0.3) is 0 Å². The Morgan fingerprint density at radius 3 is 2.88 bits per heavy atom. The molecule has 1 fully saturated rings. The summed E-state index contributed by atoms with van der Waals surface area (Å²) in [6.07, 6.45) is 0. The quantitative estimate of drug-likeness (QED) is 0.872. The van der Waals surface area contributed by atoms with Gasteiger partial charge in [0.05, 0.1) is 19.3 Å². The van der Waals surface area contributed by atoms with Gasteiger partial charge in [-0.1, -0.05) is 0 Å². The minimum Gasteiger partial charge on any atom is -0.378 e. The number of rotatable bonds is 2. The number of carbonyl (C=O) groups excluding carboxylic acids is 1. The van der Waals surface area contributed by atoms with Crippen LogP contribution in [0.1, 0.15) is 23.7 Å². The van der Waals surface area contributed by atoms with Crippen LogP contribution in [-0.2, 0) is 4.74 Å². The molecule has 6 heteroatoms. The molecule has 2 amide bonds. The molecule has 0 spiro atoms. The third kappa shape index (κ3) is 3.17. The summed E-state index contributed by atoms with van der Waals surface area (Å²) in [5.41, 5.74) is 0.998. The molecule has 0 aromatic carbocycles. The molecule has 1 aliphatic heterocycles. The van der Waals surface area contributed by atoms with E-state index < -0.39 is 0 Å². The minimum atomic E-state index is -0.0379. The number of nitrogens with zero attached hydrogens (tertiary/aromatic N) is 2. The Morgan fingerprint density at radius 1 is 1.59 bits per heavy atom. The Kier molecular flexibility index (Phi) is 3.96. The zero-order valence-electron chi connectivity index (χ0n) is 10.1. The van der Waals surface area contributed by atoms with Crippen molar-refractivity contribution in [2.45, 2.75) is 19.9 Å². The third-order valence-corrected chi connectivity index (χ3v) is 3.79. The molecule has 1 aromatic rings. The van der Waals surface area contributed by atoms with E-state index in [2.05, 4.69) is 10.3 Å². The molecule has 1 saturated heterocycles. The molecule has 17 heavy (non-hydrogen) atoms. The van der Waals surface area contributed by atoms with Crippen molar-refractivity contribution in [3.05, 3.63) is 16.1 Å². The number of carbonyl (C=O) groups is 1. The fraction of sp³-hybridized carbons (Fsp3) is 0.636. The summed E-state index contributed by atoms with van der Waals surface area (Å²) in [4.78, 5) is 18.1. The topological polar surface area (TPSA) is 54.5 Å². The van der Waals surface area contributed by atoms with Crippen LogP contribution >= 0.6 is 11.3 Å². The number of ether oxygens (including phenoxy) is 1. The molecule has 0 bridgehead atoms. The van der Waals surface area contributed by atoms with Crippen LogP contribution in [0.3, 0.4) is 0 Å². The fourth-order valence-electron chi connectivity index (χ4n) is 1.68. The van der Waals surface area contributed by atoms with E-state index in [0.717, 1.165) is 10.7 Å². The minimum absolute atomic E-state index is 0.0337. The van der Waals surface area contributed by atoms with Crippen molar-refractivity contribution in [1.29, 1.82) is 0 Å². The highest BCUT2D eigenvalue weighted by Gasteiger charge is 2.19. The van der Waals surface area contributed by atoms with Gasteiger partial charge in [-0.3, -0.25) is 0 Å². The number of thiazole rings is 1. The summed E-state index contributed by atoms with van der Waals surface area (Å²) in [6, 6.07) is -0.0716. The van der Waals surface area contributed by atoms with E-state index in [1.165, 1.54) is 0 Å². The molecule has 5 nitrogen and oxygen atoms in total. The second-order valence-electron chi connectivity index (χ2n) is 4.10. The van der Waals surface area contributed by atoms with E-state index in [-0.39, 0.29) is 12.1 Å². The molecule has 1 unspecified atom stereocenters. The Hall–Kier alpha value is -1.14. The highest BCUT2D eigenvalue weighted by Crippen LogP contribution is 2.17. The van der Waals surface area contributed by atoms with Gasteiger partial charge in [0.2, 0.25) is 0 Å². The second kappa shape index (κ2) is 5.46. The van der Waals surface area contributed by atoms with Gasteiger partial charge in [0, 0.05) is 24.2 Å². The smallest absolute Gasteiger partial charge is 0.318 e. The normalized spacial score (nSPS) is 17.9. The van der Waals surface area contributed by atoms with Crippen molar-refractivity contribution < 1.29 is 9.53 Å². The van der Waals surface area contributed by atoms with E-state index >= 15 is 0 Å². The summed E-state index contributed by atoms with van der Waals surface area (Å²) in [7, 11) is 0.